The van der Waals surface area contributed by atoms with E-state index in [0.717, 1.165) is 43.1 Å². The number of hydrogen-bond donors (Lipinski definition) is 2. The van der Waals surface area contributed by atoms with Crippen LogP contribution in [0.25, 0.3) is 0 Å². The molecule has 0 spiro atoms. The zero-order valence-corrected chi connectivity index (χ0v) is 13.7. The number of thiocarbonyl (C=S) groups is 1. The minimum absolute atomic E-state index is 0.290. The molecule has 0 aromatic heterocycles. The number of rotatable bonds is 4. The second-order valence-electron chi connectivity index (χ2n) is 5.78. The summed E-state index contributed by atoms with van der Waals surface area (Å²) in [6, 6.07) is 6.23. The van der Waals surface area contributed by atoms with Crippen LogP contribution in [-0.2, 0) is 0 Å². The Kier molecular flexibility index (Phi) is 5.00. The fourth-order valence-electron chi connectivity index (χ4n) is 2.94. The van der Waals surface area contributed by atoms with E-state index in [0.29, 0.717) is 11.2 Å². The highest BCUT2D eigenvalue weighted by molar-refractivity contribution is 7.80. The van der Waals surface area contributed by atoms with Crippen molar-refractivity contribution >= 4 is 23.0 Å². The van der Waals surface area contributed by atoms with Gasteiger partial charge in [0.2, 0.25) is 6.79 Å². The lowest BCUT2D eigenvalue weighted by Crippen LogP contribution is -2.45. The molecule has 2 aliphatic rings. The van der Waals surface area contributed by atoms with Gasteiger partial charge in [-0.05, 0) is 50.2 Å². The largest absolute Gasteiger partial charge is 0.454 e. The summed E-state index contributed by atoms with van der Waals surface area (Å²) in [5.41, 5.74) is 0.921. The molecule has 1 saturated heterocycles. The Hall–Kier alpha value is -1.53. The van der Waals surface area contributed by atoms with Crippen molar-refractivity contribution in [3.8, 4) is 11.5 Å². The lowest BCUT2D eigenvalue weighted by Gasteiger charge is -2.32. The van der Waals surface area contributed by atoms with Gasteiger partial charge in [0.05, 0.1) is 0 Å². The topological polar surface area (TPSA) is 45.8 Å². The van der Waals surface area contributed by atoms with Crippen molar-refractivity contribution in [3.63, 3.8) is 0 Å². The van der Waals surface area contributed by atoms with Crippen molar-refractivity contribution in [2.24, 2.45) is 0 Å². The van der Waals surface area contributed by atoms with E-state index in [-0.39, 0.29) is 6.79 Å². The number of piperidine rings is 1. The Morgan fingerprint density at radius 2 is 2.05 bits per heavy atom. The van der Waals surface area contributed by atoms with Crippen LogP contribution in [0.3, 0.4) is 0 Å². The van der Waals surface area contributed by atoms with E-state index < -0.39 is 0 Å². The lowest BCUT2D eigenvalue weighted by molar-refractivity contribution is 0.174. The van der Waals surface area contributed by atoms with Crippen molar-refractivity contribution in [3.05, 3.63) is 18.2 Å². The zero-order valence-electron chi connectivity index (χ0n) is 12.9. The van der Waals surface area contributed by atoms with E-state index in [4.69, 9.17) is 21.7 Å². The first-order valence-electron chi connectivity index (χ1n) is 7.94. The van der Waals surface area contributed by atoms with Gasteiger partial charge in [-0.25, -0.2) is 0 Å². The first-order valence-corrected chi connectivity index (χ1v) is 8.35. The van der Waals surface area contributed by atoms with Crippen LogP contribution in [0.15, 0.2) is 18.2 Å². The van der Waals surface area contributed by atoms with Gasteiger partial charge in [-0.15, -0.1) is 0 Å². The highest BCUT2D eigenvalue weighted by Gasteiger charge is 2.19. The highest BCUT2D eigenvalue weighted by atomic mass is 32.1. The predicted molar refractivity (Wildman–Crippen MR) is 91.7 cm³/mol. The van der Waals surface area contributed by atoms with Crippen molar-refractivity contribution < 1.29 is 9.47 Å². The van der Waals surface area contributed by atoms with Crippen LogP contribution in [0.1, 0.15) is 26.2 Å². The number of fused-ring (bicyclic) bond motifs is 1. The van der Waals surface area contributed by atoms with Crippen LogP contribution >= 0.6 is 12.2 Å². The molecule has 0 bridgehead atoms. The van der Waals surface area contributed by atoms with E-state index >= 15 is 0 Å². The lowest BCUT2D eigenvalue weighted by atomic mass is 10.1. The fraction of sp³-hybridized carbons (Fsp3) is 0.562. The summed E-state index contributed by atoms with van der Waals surface area (Å²) in [5.74, 6) is 1.55. The monoisotopic (exact) mass is 321 g/mol. The van der Waals surface area contributed by atoms with Gasteiger partial charge in [0.1, 0.15) is 0 Å². The third-order valence-corrected chi connectivity index (χ3v) is 4.31. The number of anilines is 1. The van der Waals surface area contributed by atoms with Crippen molar-refractivity contribution in [1.29, 1.82) is 0 Å². The minimum atomic E-state index is 0.290. The zero-order chi connectivity index (χ0) is 15.4. The van der Waals surface area contributed by atoms with E-state index in [1.165, 1.54) is 13.0 Å². The van der Waals surface area contributed by atoms with E-state index in [9.17, 15) is 0 Å². The molecular formula is C16H23N3O2S. The smallest absolute Gasteiger partial charge is 0.231 e. The first kappa shape index (κ1) is 15.4. The number of benzene rings is 1. The van der Waals surface area contributed by atoms with Gasteiger partial charge in [0.15, 0.2) is 16.6 Å². The van der Waals surface area contributed by atoms with Crippen LogP contribution in [-0.4, -0.2) is 42.5 Å². The molecule has 0 amide bonds. The van der Waals surface area contributed by atoms with Crippen molar-refractivity contribution in [1.82, 2.24) is 10.2 Å². The number of likely N-dealkylation sites (tertiary alicyclic amines) is 1. The molecule has 2 heterocycles. The minimum Gasteiger partial charge on any atom is -0.454 e. The molecule has 5 nitrogen and oxygen atoms in total. The Labute approximate surface area is 137 Å². The summed E-state index contributed by atoms with van der Waals surface area (Å²) in [4.78, 5) is 2.52. The van der Waals surface area contributed by atoms with Gasteiger partial charge in [-0.2, -0.15) is 0 Å². The quantitative estimate of drug-likeness (QED) is 0.831. The highest BCUT2D eigenvalue weighted by Crippen LogP contribution is 2.34. The van der Waals surface area contributed by atoms with Gasteiger partial charge >= 0.3 is 0 Å². The van der Waals surface area contributed by atoms with Crippen LogP contribution in [0.4, 0.5) is 5.69 Å². The normalized spacial score (nSPS) is 18.2. The molecule has 1 aromatic carbocycles. The molecular weight excluding hydrogens is 298 g/mol. The van der Waals surface area contributed by atoms with Gasteiger partial charge in [-0.3, -0.25) is 0 Å². The third-order valence-electron chi connectivity index (χ3n) is 4.09. The standard InChI is InChI=1S/C16H23N3O2S/c1-2-7-19-8-5-12(6-9-19)17-16(22)18-13-3-4-14-15(10-13)21-11-20-14/h3-4,10,12H,2,5-9,11H2,1H3,(H2,17,18,22). The van der Waals surface area contributed by atoms with E-state index in [1.807, 2.05) is 18.2 Å². The Balaban J connectivity index is 1.47. The van der Waals surface area contributed by atoms with Crippen molar-refractivity contribution in [2.75, 3.05) is 31.7 Å². The SMILES string of the molecule is CCCN1CCC(NC(=S)Nc2ccc3c(c2)OCO3)CC1. The molecule has 1 fully saturated rings. The molecule has 22 heavy (non-hydrogen) atoms. The number of nitrogens with one attached hydrogen (secondary N) is 2. The Morgan fingerprint density at radius 3 is 2.82 bits per heavy atom. The molecule has 1 aromatic rings. The maximum atomic E-state index is 5.42. The van der Waals surface area contributed by atoms with Crippen LogP contribution in [0, 0.1) is 0 Å². The molecule has 2 aliphatic heterocycles. The summed E-state index contributed by atoms with van der Waals surface area (Å²) in [6.07, 6.45) is 3.51. The van der Waals surface area contributed by atoms with E-state index in [1.54, 1.807) is 0 Å². The third kappa shape index (κ3) is 3.81. The number of ether oxygens (including phenoxy) is 2. The summed E-state index contributed by atoms with van der Waals surface area (Å²) >= 11 is 5.42. The van der Waals surface area contributed by atoms with Gasteiger partial charge in [0.25, 0.3) is 0 Å². The first-order chi connectivity index (χ1) is 10.7. The van der Waals surface area contributed by atoms with Gasteiger partial charge < -0.3 is 25.0 Å². The van der Waals surface area contributed by atoms with Gasteiger partial charge in [-0.1, -0.05) is 6.92 Å². The molecule has 0 radical (unpaired) electrons. The second kappa shape index (κ2) is 7.15. The molecule has 0 saturated carbocycles. The molecule has 120 valence electrons. The predicted octanol–water partition coefficient (Wildman–Crippen LogP) is 2.58. The number of nitrogens with zero attached hydrogens (tertiary/aromatic N) is 1. The van der Waals surface area contributed by atoms with Gasteiger partial charge in [0, 0.05) is 30.9 Å². The molecule has 0 unspecified atom stereocenters. The van der Waals surface area contributed by atoms with Crippen LogP contribution in [0.2, 0.25) is 0 Å². The van der Waals surface area contributed by atoms with E-state index in [2.05, 4.69) is 22.5 Å². The van der Waals surface area contributed by atoms with Crippen LogP contribution < -0.4 is 20.1 Å². The maximum Gasteiger partial charge on any atom is 0.231 e. The molecule has 6 heteroatoms. The van der Waals surface area contributed by atoms with Crippen LogP contribution in [0.5, 0.6) is 11.5 Å². The average molecular weight is 321 g/mol. The summed E-state index contributed by atoms with van der Waals surface area (Å²) in [5, 5.41) is 7.32. The summed E-state index contributed by atoms with van der Waals surface area (Å²) < 4.78 is 10.7. The molecule has 0 atom stereocenters. The Morgan fingerprint density at radius 1 is 1.27 bits per heavy atom. The fourth-order valence-corrected chi connectivity index (χ4v) is 3.23. The van der Waals surface area contributed by atoms with Crippen molar-refractivity contribution in [2.45, 2.75) is 32.2 Å². The second-order valence-corrected chi connectivity index (χ2v) is 6.19. The maximum absolute atomic E-state index is 5.42. The molecule has 3 rings (SSSR count). The average Bonchev–Trinajstić information content (AvgIpc) is 2.97. The molecule has 0 aliphatic carbocycles. The summed E-state index contributed by atoms with van der Waals surface area (Å²) in [7, 11) is 0. The summed E-state index contributed by atoms with van der Waals surface area (Å²) in [6.45, 7) is 6.02. The number of hydrogen-bond acceptors (Lipinski definition) is 4. The Bertz CT molecular complexity index is 530. The molecule has 2 N–H and O–H groups in total.